The van der Waals surface area contributed by atoms with E-state index in [2.05, 4.69) is 4.90 Å². The first-order valence-electron chi connectivity index (χ1n) is 11.6. The number of benzene rings is 2. The quantitative estimate of drug-likeness (QED) is 0.564. The zero-order valence-corrected chi connectivity index (χ0v) is 20.6. The molecule has 0 spiro atoms. The van der Waals surface area contributed by atoms with Crippen LogP contribution < -0.4 is 9.80 Å². The first-order valence-corrected chi connectivity index (χ1v) is 12.0. The van der Waals surface area contributed by atoms with E-state index in [0.29, 0.717) is 23.7 Å². The van der Waals surface area contributed by atoms with Crippen LogP contribution in [0.15, 0.2) is 42.5 Å². The van der Waals surface area contributed by atoms with Gasteiger partial charge in [-0.3, -0.25) is 9.69 Å². The Balaban J connectivity index is 1.64. The fourth-order valence-electron chi connectivity index (χ4n) is 4.46. The summed E-state index contributed by atoms with van der Waals surface area (Å²) >= 11 is 6.62. The Morgan fingerprint density at radius 3 is 2.42 bits per heavy atom. The summed E-state index contributed by atoms with van der Waals surface area (Å²) in [6, 6.07) is 13.1. The van der Waals surface area contributed by atoms with E-state index in [9.17, 15) is 9.59 Å². The van der Waals surface area contributed by atoms with Crippen molar-refractivity contribution in [2.24, 2.45) is 0 Å². The van der Waals surface area contributed by atoms with Gasteiger partial charge in [0, 0.05) is 31.0 Å². The molecule has 2 aromatic carbocycles. The third-order valence-corrected chi connectivity index (χ3v) is 6.44. The van der Waals surface area contributed by atoms with Crippen LogP contribution in [0, 0.1) is 0 Å². The van der Waals surface area contributed by atoms with Crippen molar-refractivity contribution >= 4 is 35.0 Å². The van der Waals surface area contributed by atoms with Crippen LogP contribution in [0.1, 0.15) is 56.5 Å². The molecule has 7 heteroatoms. The number of carbonyl (C=O) groups excluding carboxylic acids is 2. The van der Waals surface area contributed by atoms with Crippen molar-refractivity contribution in [1.29, 1.82) is 0 Å². The molecule has 2 aliphatic rings. The SMILES string of the molecule is C[C@@H]1CN(C(=O)c2ccc(N3CCCC3)cc2Cl)c2ccccc2CN1C(=O)OC(C)(C)C. The Kier molecular flexibility index (Phi) is 6.57. The minimum atomic E-state index is -0.594. The average Bonchev–Trinajstić information content (AvgIpc) is 3.24. The van der Waals surface area contributed by atoms with Gasteiger partial charge in [-0.25, -0.2) is 4.79 Å². The number of para-hydroxylation sites is 1. The molecule has 1 fully saturated rings. The van der Waals surface area contributed by atoms with E-state index in [-0.39, 0.29) is 18.0 Å². The molecule has 2 aliphatic heterocycles. The molecule has 2 amide bonds. The number of fused-ring (bicyclic) bond motifs is 1. The summed E-state index contributed by atoms with van der Waals surface area (Å²) in [5, 5.41) is 0.447. The van der Waals surface area contributed by atoms with Crippen molar-refractivity contribution in [3.8, 4) is 0 Å². The number of nitrogens with zero attached hydrogens (tertiary/aromatic N) is 3. The molecule has 0 N–H and O–H groups in total. The van der Waals surface area contributed by atoms with Crippen molar-refractivity contribution < 1.29 is 14.3 Å². The van der Waals surface area contributed by atoms with E-state index in [1.54, 1.807) is 9.80 Å². The molecular formula is C26H32ClN3O3. The van der Waals surface area contributed by atoms with Crippen molar-refractivity contribution in [2.45, 2.75) is 58.7 Å². The molecule has 2 heterocycles. The lowest BCUT2D eigenvalue weighted by atomic mass is 10.1. The summed E-state index contributed by atoms with van der Waals surface area (Å²) < 4.78 is 5.64. The van der Waals surface area contributed by atoms with Crippen LogP contribution in [0.5, 0.6) is 0 Å². The molecule has 4 rings (SSSR count). The lowest BCUT2D eigenvalue weighted by molar-refractivity contribution is 0.0167. The molecule has 176 valence electrons. The van der Waals surface area contributed by atoms with Gasteiger partial charge in [0.15, 0.2) is 0 Å². The highest BCUT2D eigenvalue weighted by Crippen LogP contribution is 2.32. The van der Waals surface area contributed by atoms with Crippen molar-refractivity contribution in [1.82, 2.24) is 4.90 Å². The highest BCUT2D eigenvalue weighted by molar-refractivity contribution is 6.34. The van der Waals surface area contributed by atoms with Gasteiger partial charge >= 0.3 is 6.09 Å². The van der Waals surface area contributed by atoms with E-state index < -0.39 is 5.60 Å². The van der Waals surface area contributed by atoms with Gasteiger partial charge in [0.1, 0.15) is 5.60 Å². The predicted molar refractivity (Wildman–Crippen MR) is 132 cm³/mol. The van der Waals surface area contributed by atoms with Crippen LogP contribution in [0.2, 0.25) is 5.02 Å². The van der Waals surface area contributed by atoms with E-state index in [4.69, 9.17) is 16.3 Å². The molecule has 0 radical (unpaired) electrons. The van der Waals surface area contributed by atoms with Crippen molar-refractivity contribution in [3.63, 3.8) is 0 Å². The molecule has 1 saturated heterocycles. The lowest BCUT2D eigenvalue weighted by Crippen LogP contribution is -2.46. The van der Waals surface area contributed by atoms with E-state index >= 15 is 0 Å². The summed E-state index contributed by atoms with van der Waals surface area (Å²) in [4.78, 5) is 32.4. The Morgan fingerprint density at radius 1 is 1.06 bits per heavy atom. The second-order valence-electron chi connectivity index (χ2n) is 9.86. The number of anilines is 2. The smallest absolute Gasteiger partial charge is 0.410 e. The molecule has 0 aromatic heterocycles. The van der Waals surface area contributed by atoms with Gasteiger partial charge in [-0.05, 0) is 70.4 Å². The van der Waals surface area contributed by atoms with Gasteiger partial charge < -0.3 is 14.5 Å². The fraction of sp³-hybridized carbons (Fsp3) is 0.462. The van der Waals surface area contributed by atoms with Crippen LogP contribution in [0.4, 0.5) is 16.2 Å². The molecule has 2 aromatic rings. The molecule has 0 unspecified atom stereocenters. The maximum absolute atomic E-state index is 13.7. The van der Waals surface area contributed by atoms with E-state index in [1.807, 2.05) is 70.2 Å². The highest BCUT2D eigenvalue weighted by atomic mass is 35.5. The molecule has 1 atom stereocenters. The Hall–Kier alpha value is -2.73. The van der Waals surface area contributed by atoms with Gasteiger partial charge in [0.25, 0.3) is 5.91 Å². The summed E-state index contributed by atoms with van der Waals surface area (Å²) in [5.41, 5.74) is 2.61. The predicted octanol–water partition coefficient (Wildman–Crippen LogP) is 5.73. The van der Waals surface area contributed by atoms with Crippen LogP contribution in [-0.4, -0.2) is 48.2 Å². The number of ether oxygens (including phenoxy) is 1. The third kappa shape index (κ3) is 5.11. The zero-order valence-electron chi connectivity index (χ0n) is 19.8. The third-order valence-electron chi connectivity index (χ3n) is 6.13. The average molecular weight is 470 g/mol. The minimum Gasteiger partial charge on any atom is -0.444 e. The lowest BCUT2D eigenvalue weighted by Gasteiger charge is -2.31. The molecule has 33 heavy (non-hydrogen) atoms. The molecule has 6 nitrogen and oxygen atoms in total. The van der Waals surface area contributed by atoms with E-state index in [1.165, 1.54) is 12.8 Å². The molecular weight excluding hydrogens is 438 g/mol. The van der Waals surface area contributed by atoms with Crippen molar-refractivity contribution in [2.75, 3.05) is 29.4 Å². The number of hydrogen-bond donors (Lipinski definition) is 0. The minimum absolute atomic E-state index is 0.168. The number of rotatable bonds is 2. The summed E-state index contributed by atoms with van der Waals surface area (Å²) in [6.45, 7) is 10.2. The molecule has 0 aliphatic carbocycles. The first kappa shape index (κ1) is 23.4. The van der Waals surface area contributed by atoms with Crippen LogP contribution >= 0.6 is 11.6 Å². The fourth-order valence-corrected chi connectivity index (χ4v) is 4.72. The maximum Gasteiger partial charge on any atom is 0.410 e. The van der Waals surface area contributed by atoms with Gasteiger partial charge in [0.2, 0.25) is 0 Å². The standard InChI is InChI=1S/C26H32ClN3O3/c1-18-16-30(24(31)21-12-11-20(15-22(21)27)28-13-7-8-14-28)23-10-6-5-9-19(23)17-29(18)25(32)33-26(2,3)4/h5-6,9-12,15,18H,7-8,13-14,16-17H2,1-4H3/t18-/m1/s1. The highest BCUT2D eigenvalue weighted by Gasteiger charge is 2.34. The van der Waals surface area contributed by atoms with Crippen LogP contribution in [0.25, 0.3) is 0 Å². The van der Waals surface area contributed by atoms with Gasteiger partial charge in [0.05, 0.1) is 23.2 Å². The summed E-state index contributed by atoms with van der Waals surface area (Å²) in [6.07, 6.45) is 1.97. The second-order valence-corrected chi connectivity index (χ2v) is 10.3. The number of halogens is 1. The Bertz CT molecular complexity index is 1040. The number of amides is 2. The largest absolute Gasteiger partial charge is 0.444 e. The van der Waals surface area contributed by atoms with Gasteiger partial charge in [-0.15, -0.1) is 0 Å². The number of carbonyl (C=O) groups is 2. The first-order chi connectivity index (χ1) is 15.6. The van der Waals surface area contributed by atoms with Crippen molar-refractivity contribution in [3.05, 3.63) is 58.6 Å². The molecule has 0 bridgehead atoms. The summed E-state index contributed by atoms with van der Waals surface area (Å²) in [7, 11) is 0. The maximum atomic E-state index is 13.7. The monoisotopic (exact) mass is 469 g/mol. The number of hydrogen-bond acceptors (Lipinski definition) is 4. The molecule has 0 saturated carbocycles. The van der Waals surface area contributed by atoms with Crippen LogP contribution in [-0.2, 0) is 11.3 Å². The zero-order chi connectivity index (χ0) is 23.8. The normalized spacial score (nSPS) is 18.7. The second kappa shape index (κ2) is 9.26. The Labute approximate surface area is 201 Å². The van der Waals surface area contributed by atoms with E-state index in [0.717, 1.165) is 30.0 Å². The van der Waals surface area contributed by atoms with Gasteiger partial charge in [-0.1, -0.05) is 29.8 Å². The Morgan fingerprint density at radius 2 is 1.76 bits per heavy atom. The van der Waals surface area contributed by atoms with Crippen LogP contribution in [0.3, 0.4) is 0 Å². The topological polar surface area (TPSA) is 53.1 Å². The van der Waals surface area contributed by atoms with Gasteiger partial charge in [-0.2, -0.15) is 0 Å². The summed E-state index contributed by atoms with van der Waals surface area (Å²) in [5.74, 6) is -0.168.